The molecule has 0 aromatic carbocycles. The van der Waals surface area contributed by atoms with Gasteiger partial charge in [0.1, 0.15) is 17.6 Å². The fraction of sp³-hybridized carbons (Fsp3) is 0.556. The molecule has 1 saturated heterocycles. The summed E-state index contributed by atoms with van der Waals surface area (Å²) in [5.74, 6) is 3.06. The Hall–Kier alpha value is -1.92. The molecule has 2 aromatic rings. The van der Waals surface area contributed by atoms with Gasteiger partial charge in [-0.3, -0.25) is 4.90 Å². The van der Waals surface area contributed by atoms with E-state index in [-0.39, 0.29) is 0 Å². The van der Waals surface area contributed by atoms with Crippen molar-refractivity contribution in [3.63, 3.8) is 0 Å². The van der Waals surface area contributed by atoms with Gasteiger partial charge in [-0.2, -0.15) is 5.10 Å². The minimum absolute atomic E-state index is 0.417. The molecule has 24 heavy (non-hydrogen) atoms. The monoisotopic (exact) mass is 328 g/mol. The first-order chi connectivity index (χ1) is 11.6. The smallest absolute Gasteiger partial charge is 0.151 e. The Morgan fingerprint density at radius 3 is 2.62 bits per heavy atom. The van der Waals surface area contributed by atoms with Crippen molar-refractivity contribution >= 4 is 5.82 Å². The fourth-order valence-electron chi connectivity index (χ4n) is 3.17. The highest BCUT2D eigenvalue weighted by molar-refractivity contribution is 5.42. The number of aliphatic hydroxyl groups excluding tert-OH is 1. The summed E-state index contributed by atoms with van der Waals surface area (Å²) in [6, 6.07) is 8.34. The topological polar surface area (TPSA) is 65.6 Å². The van der Waals surface area contributed by atoms with Crippen molar-refractivity contribution < 1.29 is 9.52 Å². The van der Waals surface area contributed by atoms with Gasteiger partial charge in [0.05, 0.1) is 5.69 Å². The summed E-state index contributed by atoms with van der Waals surface area (Å²) in [5, 5.41) is 19.0. The summed E-state index contributed by atoms with van der Waals surface area (Å²) in [5.41, 5.74) is 1.13. The molecule has 4 rings (SSSR count). The van der Waals surface area contributed by atoms with Crippen LogP contribution in [0, 0.1) is 6.92 Å². The predicted octanol–water partition coefficient (Wildman–Crippen LogP) is 2.11. The van der Waals surface area contributed by atoms with Crippen molar-refractivity contribution in [1.29, 1.82) is 0 Å². The fourth-order valence-corrected chi connectivity index (χ4v) is 3.17. The first-order valence-corrected chi connectivity index (χ1v) is 8.63. The second-order valence-corrected chi connectivity index (χ2v) is 7.05. The van der Waals surface area contributed by atoms with Crippen LogP contribution in [0.1, 0.15) is 42.1 Å². The summed E-state index contributed by atoms with van der Waals surface area (Å²) >= 11 is 0. The van der Waals surface area contributed by atoms with Crippen LogP contribution >= 0.6 is 0 Å². The van der Waals surface area contributed by atoms with Gasteiger partial charge in [0, 0.05) is 31.6 Å². The number of aryl methyl sites for hydroxylation is 1. The van der Waals surface area contributed by atoms with Crippen LogP contribution in [0.15, 0.2) is 28.7 Å². The van der Waals surface area contributed by atoms with Crippen molar-refractivity contribution in [1.82, 2.24) is 15.1 Å². The van der Waals surface area contributed by atoms with Crippen molar-refractivity contribution in [2.75, 3.05) is 31.6 Å². The number of likely N-dealkylation sites (N-methyl/N-ethyl adjacent to an activating group) is 1. The Labute approximate surface area is 142 Å². The van der Waals surface area contributed by atoms with E-state index in [9.17, 15) is 5.11 Å². The Morgan fingerprint density at radius 1 is 1.25 bits per heavy atom. The van der Waals surface area contributed by atoms with Crippen LogP contribution in [0.2, 0.25) is 0 Å². The van der Waals surface area contributed by atoms with Gasteiger partial charge < -0.3 is 14.4 Å². The van der Waals surface area contributed by atoms with E-state index in [1.807, 2.05) is 26.1 Å². The summed E-state index contributed by atoms with van der Waals surface area (Å²) in [7, 11) is 2.04. The van der Waals surface area contributed by atoms with E-state index in [0.717, 1.165) is 30.4 Å². The number of hydrogen-bond donors (Lipinski definition) is 1. The molecule has 0 radical (unpaired) electrons. The molecule has 1 atom stereocenters. The molecular formula is C18H24N4O2. The molecule has 0 spiro atoms. The molecule has 128 valence electrons. The summed E-state index contributed by atoms with van der Waals surface area (Å²) in [4.78, 5) is 4.42. The molecule has 1 N–H and O–H groups in total. The van der Waals surface area contributed by atoms with E-state index in [1.165, 1.54) is 12.8 Å². The lowest BCUT2D eigenvalue weighted by atomic mass is 10.1. The normalized spacial score (nSPS) is 19.6. The van der Waals surface area contributed by atoms with Crippen LogP contribution in [0.3, 0.4) is 0 Å². The lowest BCUT2D eigenvalue weighted by Crippen LogP contribution is -2.59. The minimum Gasteiger partial charge on any atom is -0.464 e. The first-order valence-electron chi connectivity index (χ1n) is 8.63. The number of anilines is 1. The van der Waals surface area contributed by atoms with Crippen LogP contribution in [0.25, 0.3) is 0 Å². The van der Waals surface area contributed by atoms with Crippen molar-refractivity contribution in [2.45, 2.75) is 37.8 Å². The van der Waals surface area contributed by atoms with Gasteiger partial charge >= 0.3 is 0 Å². The number of aromatic nitrogens is 2. The van der Waals surface area contributed by atoms with Gasteiger partial charge in [-0.25, -0.2) is 0 Å². The zero-order valence-electron chi connectivity index (χ0n) is 14.2. The highest BCUT2D eigenvalue weighted by atomic mass is 16.4. The molecule has 1 aliphatic heterocycles. The van der Waals surface area contributed by atoms with E-state index >= 15 is 0 Å². The van der Waals surface area contributed by atoms with Crippen molar-refractivity contribution in [3.8, 4) is 0 Å². The average molecular weight is 328 g/mol. The average Bonchev–Trinajstić information content (AvgIpc) is 3.28. The molecule has 6 nitrogen and oxygen atoms in total. The van der Waals surface area contributed by atoms with E-state index in [1.54, 1.807) is 0 Å². The molecule has 6 heteroatoms. The molecule has 1 unspecified atom stereocenters. The Bertz CT molecular complexity index is 689. The SMILES string of the molecule is Cc1ccc(C(O)CN(C)C2CN(c3ccc(C4CC4)nn3)C2)o1. The number of nitrogens with zero attached hydrogens (tertiary/aromatic N) is 4. The van der Waals surface area contributed by atoms with E-state index in [2.05, 4.69) is 32.1 Å². The largest absolute Gasteiger partial charge is 0.464 e. The van der Waals surface area contributed by atoms with Crippen molar-refractivity contribution in [3.05, 3.63) is 41.5 Å². The Kier molecular flexibility index (Phi) is 4.02. The molecule has 0 bridgehead atoms. The van der Waals surface area contributed by atoms with Gasteiger partial charge in [0.2, 0.25) is 0 Å². The van der Waals surface area contributed by atoms with Crippen molar-refractivity contribution in [2.24, 2.45) is 0 Å². The molecular weight excluding hydrogens is 304 g/mol. The third kappa shape index (κ3) is 3.16. The second-order valence-electron chi connectivity index (χ2n) is 7.05. The maximum atomic E-state index is 10.3. The van der Waals surface area contributed by atoms with Crippen LogP contribution < -0.4 is 4.90 Å². The molecule has 1 saturated carbocycles. The molecule has 2 aromatic heterocycles. The molecule has 1 aliphatic carbocycles. The highest BCUT2D eigenvalue weighted by Crippen LogP contribution is 2.38. The quantitative estimate of drug-likeness (QED) is 0.876. The molecule has 2 fully saturated rings. The first kappa shape index (κ1) is 15.6. The summed E-state index contributed by atoms with van der Waals surface area (Å²) < 4.78 is 5.50. The standard InChI is InChI=1S/C18H24N4O2/c1-12-3-7-17(24-12)16(23)11-21(2)14-9-22(10-14)18-8-6-15(19-20-18)13-4-5-13/h3,6-8,13-14,16,23H,4-5,9-11H2,1-2H3. The lowest BCUT2D eigenvalue weighted by molar-refractivity contribution is 0.0787. The summed E-state index contributed by atoms with van der Waals surface area (Å²) in [6.45, 7) is 4.28. The van der Waals surface area contributed by atoms with E-state index < -0.39 is 6.10 Å². The number of hydrogen-bond acceptors (Lipinski definition) is 6. The van der Waals surface area contributed by atoms with Gasteiger partial charge in [-0.15, -0.1) is 5.10 Å². The maximum Gasteiger partial charge on any atom is 0.151 e. The molecule has 2 aliphatic rings. The van der Waals surface area contributed by atoms with Gasteiger partial charge in [-0.05, 0) is 51.1 Å². The minimum atomic E-state index is -0.588. The highest BCUT2D eigenvalue weighted by Gasteiger charge is 2.33. The maximum absolute atomic E-state index is 10.3. The van der Waals surface area contributed by atoms with Gasteiger partial charge in [-0.1, -0.05) is 0 Å². The number of rotatable bonds is 6. The number of furan rings is 1. The van der Waals surface area contributed by atoms with Crippen LogP contribution in [0.5, 0.6) is 0 Å². The van der Waals surface area contributed by atoms with Crippen LogP contribution in [-0.4, -0.2) is 52.9 Å². The number of aliphatic hydroxyl groups is 1. The molecule has 0 amide bonds. The summed E-state index contributed by atoms with van der Waals surface area (Å²) in [6.07, 6.45) is 1.92. The van der Waals surface area contributed by atoms with Gasteiger partial charge in [0.15, 0.2) is 5.82 Å². The van der Waals surface area contributed by atoms with Gasteiger partial charge in [0.25, 0.3) is 0 Å². The lowest BCUT2D eigenvalue weighted by Gasteiger charge is -2.44. The zero-order chi connectivity index (χ0) is 16.7. The van der Waals surface area contributed by atoms with Crippen LogP contribution in [-0.2, 0) is 0 Å². The third-order valence-corrected chi connectivity index (χ3v) is 5.03. The third-order valence-electron chi connectivity index (χ3n) is 5.03. The predicted molar refractivity (Wildman–Crippen MR) is 91.0 cm³/mol. The zero-order valence-corrected chi connectivity index (χ0v) is 14.2. The second kappa shape index (κ2) is 6.18. The van der Waals surface area contributed by atoms with E-state index in [0.29, 0.717) is 24.3 Å². The molecule has 3 heterocycles. The van der Waals surface area contributed by atoms with E-state index in [4.69, 9.17) is 4.42 Å². The Balaban J connectivity index is 1.28. The van der Waals surface area contributed by atoms with Crippen LogP contribution in [0.4, 0.5) is 5.82 Å². The Morgan fingerprint density at radius 2 is 2.04 bits per heavy atom.